The molecule has 0 saturated carbocycles. The molecule has 3 rings (SSSR count). The number of halogens is 2. The zero-order valence-electron chi connectivity index (χ0n) is 6.38. The summed E-state index contributed by atoms with van der Waals surface area (Å²) >= 11 is 0.664. The van der Waals surface area contributed by atoms with E-state index in [1.807, 2.05) is 0 Å². The van der Waals surface area contributed by atoms with Gasteiger partial charge in [-0.25, -0.2) is 0 Å². The van der Waals surface area contributed by atoms with Gasteiger partial charge in [-0.1, -0.05) is 0 Å². The van der Waals surface area contributed by atoms with Crippen LogP contribution in [0, 0.1) is 0 Å². The van der Waals surface area contributed by atoms with Gasteiger partial charge >= 0.3 is 95.5 Å². The molecule has 0 saturated heterocycles. The van der Waals surface area contributed by atoms with Gasteiger partial charge in [-0.05, 0) is 0 Å². The molecular weight excluding hydrogens is 304 g/mol. The molecule has 13 heavy (non-hydrogen) atoms. The molecule has 0 aliphatic carbocycles. The number of thiophene rings is 2. The minimum atomic E-state index is -2.84. The normalized spacial score (nSPS) is 17.1. The van der Waals surface area contributed by atoms with Crippen LogP contribution >= 0.6 is 42.7 Å². The number of hydrogen-bond acceptors (Lipinski definition) is 2. The molecule has 1 aliphatic rings. The summed E-state index contributed by atoms with van der Waals surface area (Å²) in [6, 6.07) is 4.18. The van der Waals surface area contributed by atoms with Crippen LogP contribution in [0.15, 0.2) is 22.9 Å². The maximum atomic E-state index is 6.48. The average molecular weight is 308 g/mol. The standard InChI is InChI=1S/C8H4Cl2GeS2/c9-11(10)5-1-3-12-7(5)8-6(11)2-4-13-8/h1-4H. The van der Waals surface area contributed by atoms with Crippen molar-refractivity contribution in [1.82, 2.24) is 0 Å². The summed E-state index contributed by atoms with van der Waals surface area (Å²) in [7, 11) is 13.0. The summed E-state index contributed by atoms with van der Waals surface area (Å²) in [6.07, 6.45) is 0. The number of rotatable bonds is 0. The van der Waals surface area contributed by atoms with Crippen LogP contribution in [0.25, 0.3) is 9.75 Å². The molecule has 0 aromatic carbocycles. The molecule has 0 N–H and O–H groups in total. The van der Waals surface area contributed by atoms with Crippen molar-refractivity contribution >= 4 is 62.9 Å². The van der Waals surface area contributed by atoms with E-state index in [4.69, 9.17) is 20.0 Å². The van der Waals surface area contributed by atoms with Gasteiger partial charge in [0.05, 0.1) is 0 Å². The molecule has 0 nitrogen and oxygen atoms in total. The van der Waals surface area contributed by atoms with Gasteiger partial charge in [-0.15, -0.1) is 0 Å². The SMILES string of the molecule is [Cl][Ge]1([Cl])[c]2ccsc2-c2scc[c]21. The Kier molecular flexibility index (Phi) is 1.87. The Morgan fingerprint density at radius 1 is 0.923 bits per heavy atom. The van der Waals surface area contributed by atoms with Crippen molar-refractivity contribution in [2.24, 2.45) is 0 Å². The predicted molar refractivity (Wildman–Crippen MR) is 64.4 cm³/mol. The summed E-state index contributed by atoms with van der Waals surface area (Å²) in [5, 5.41) is 4.16. The second-order valence-corrected chi connectivity index (χ2v) is 16.3. The molecule has 0 unspecified atom stereocenters. The summed E-state index contributed by atoms with van der Waals surface area (Å²) in [4.78, 5) is 2.63. The van der Waals surface area contributed by atoms with Crippen LogP contribution in [0.2, 0.25) is 0 Å². The van der Waals surface area contributed by atoms with E-state index in [1.54, 1.807) is 22.7 Å². The van der Waals surface area contributed by atoms with Gasteiger partial charge in [-0.3, -0.25) is 0 Å². The summed E-state index contributed by atoms with van der Waals surface area (Å²) in [5.74, 6) is 0. The van der Waals surface area contributed by atoms with Crippen molar-refractivity contribution in [1.29, 1.82) is 0 Å². The molecule has 2 aromatic heterocycles. The first kappa shape index (κ1) is 8.80. The van der Waals surface area contributed by atoms with Crippen LogP contribution < -0.4 is 8.79 Å². The third-order valence-corrected chi connectivity index (χ3v) is 13.8. The summed E-state index contributed by atoms with van der Waals surface area (Å²) in [5.41, 5.74) is 0. The molecule has 0 spiro atoms. The van der Waals surface area contributed by atoms with E-state index in [0.717, 1.165) is 0 Å². The van der Waals surface area contributed by atoms with Gasteiger partial charge in [0.15, 0.2) is 0 Å². The molecular formula is C8H4Cl2GeS2. The third-order valence-electron chi connectivity index (χ3n) is 2.21. The fraction of sp³-hybridized carbons (Fsp3) is 0. The first-order valence-corrected chi connectivity index (χ1v) is 13.1. The van der Waals surface area contributed by atoms with Crippen LogP contribution in [0.1, 0.15) is 0 Å². The van der Waals surface area contributed by atoms with E-state index in [-0.39, 0.29) is 0 Å². The molecule has 3 heterocycles. The molecule has 0 fully saturated rings. The fourth-order valence-corrected chi connectivity index (χ4v) is 14.6. The van der Waals surface area contributed by atoms with Crippen molar-refractivity contribution in [3.8, 4) is 9.75 Å². The second kappa shape index (κ2) is 2.76. The van der Waals surface area contributed by atoms with Gasteiger partial charge in [0.25, 0.3) is 0 Å². The summed E-state index contributed by atoms with van der Waals surface area (Å²) < 4.78 is 2.46. The van der Waals surface area contributed by atoms with Gasteiger partial charge in [0.1, 0.15) is 0 Å². The predicted octanol–water partition coefficient (Wildman–Crippen LogP) is 2.82. The van der Waals surface area contributed by atoms with E-state index in [2.05, 4.69) is 22.9 Å². The second-order valence-electron chi connectivity index (χ2n) is 2.90. The van der Waals surface area contributed by atoms with Gasteiger partial charge in [0.2, 0.25) is 0 Å². The molecule has 66 valence electrons. The quantitative estimate of drug-likeness (QED) is 0.657. The number of fused-ring (bicyclic) bond motifs is 3. The van der Waals surface area contributed by atoms with E-state index >= 15 is 0 Å². The fourth-order valence-electron chi connectivity index (χ4n) is 1.61. The van der Waals surface area contributed by atoms with Crippen molar-refractivity contribution in [3.05, 3.63) is 22.9 Å². The van der Waals surface area contributed by atoms with E-state index in [0.29, 0.717) is 0 Å². The van der Waals surface area contributed by atoms with Crippen LogP contribution in [0.3, 0.4) is 0 Å². The van der Waals surface area contributed by atoms with Crippen LogP contribution in [-0.4, -0.2) is 11.4 Å². The van der Waals surface area contributed by atoms with Crippen molar-refractivity contribution in [3.63, 3.8) is 0 Å². The Bertz CT molecular complexity index is 430. The number of hydrogen-bond donors (Lipinski definition) is 0. The third kappa shape index (κ3) is 1.04. The van der Waals surface area contributed by atoms with Crippen LogP contribution in [0.4, 0.5) is 0 Å². The van der Waals surface area contributed by atoms with Crippen molar-refractivity contribution in [2.75, 3.05) is 0 Å². The first-order chi connectivity index (χ1) is 6.21. The monoisotopic (exact) mass is 308 g/mol. The van der Waals surface area contributed by atoms with Crippen molar-refractivity contribution < 1.29 is 0 Å². The zero-order valence-corrected chi connectivity index (χ0v) is 11.6. The Hall–Kier alpha value is 0.523. The Morgan fingerprint density at radius 2 is 1.38 bits per heavy atom. The van der Waals surface area contributed by atoms with E-state index in [1.165, 1.54) is 18.5 Å². The van der Waals surface area contributed by atoms with Crippen molar-refractivity contribution in [2.45, 2.75) is 0 Å². The molecule has 0 atom stereocenters. The Balaban J connectivity index is 2.44. The van der Waals surface area contributed by atoms with Gasteiger partial charge in [0, 0.05) is 0 Å². The molecule has 0 radical (unpaired) electrons. The molecule has 2 aromatic rings. The minimum absolute atomic E-state index is 1.23. The topological polar surface area (TPSA) is 0 Å². The van der Waals surface area contributed by atoms with Gasteiger partial charge in [-0.2, -0.15) is 0 Å². The molecule has 0 bridgehead atoms. The maximum absolute atomic E-state index is 6.48. The van der Waals surface area contributed by atoms with E-state index < -0.39 is 11.4 Å². The zero-order chi connectivity index (χ0) is 9.05. The first-order valence-electron chi connectivity index (χ1n) is 3.75. The van der Waals surface area contributed by atoms with Gasteiger partial charge < -0.3 is 0 Å². The Labute approximate surface area is 94.8 Å². The molecule has 0 amide bonds. The molecule has 1 aliphatic heterocycles. The summed E-state index contributed by atoms with van der Waals surface area (Å²) in [6.45, 7) is 0. The van der Waals surface area contributed by atoms with Crippen LogP contribution in [0.5, 0.6) is 0 Å². The Morgan fingerprint density at radius 3 is 1.85 bits per heavy atom. The molecule has 5 heteroatoms. The average Bonchev–Trinajstić information content (AvgIpc) is 2.74. The van der Waals surface area contributed by atoms with E-state index in [9.17, 15) is 0 Å². The van der Waals surface area contributed by atoms with Crippen LogP contribution in [-0.2, 0) is 0 Å².